The molecule has 0 saturated carbocycles. The van der Waals surface area contributed by atoms with Crippen molar-refractivity contribution in [2.24, 2.45) is 5.92 Å². The average molecular weight is 427 g/mol. The normalized spacial score (nSPS) is 19.1. The van der Waals surface area contributed by atoms with Crippen molar-refractivity contribution in [3.8, 4) is 0 Å². The summed E-state index contributed by atoms with van der Waals surface area (Å²) in [4.78, 5) is 13.1. The molecule has 30 heavy (non-hydrogen) atoms. The molecule has 160 valence electrons. The zero-order chi connectivity index (χ0) is 21.1. The van der Waals surface area contributed by atoms with Crippen molar-refractivity contribution in [3.63, 3.8) is 0 Å². The van der Waals surface area contributed by atoms with E-state index < -0.39 is 10.0 Å². The van der Waals surface area contributed by atoms with Crippen LogP contribution < -0.4 is 5.32 Å². The number of nitrogens with one attached hydrogen (secondary N) is 1. The topological polar surface area (TPSA) is 66.5 Å². The summed E-state index contributed by atoms with van der Waals surface area (Å²) in [5, 5.41) is 3.15. The molecule has 1 fully saturated rings. The Labute approximate surface area is 179 Å². The van der Waals surface area contributed by atoms with Crippen LogP contribution in [0.5, 0.6) is 0 Å². The SMILES string of the molecule is C[C@H](NC(=O)C1CCN(S(=O)(=O)c2ccccc2)CC1)c1ccc2c(c1)CCCC2. The Morgan fingerprint density at radius 1 is 1.00 bits per heavy atom. The highest BCUT2D eigenvalue weighted by Gasteiger charge is 2.32. The van der Waals surface area contributed by atoms with E-state index in [1.54, 1.807) is 30.3 Å². The zero-order valence-corrected chi connectivity index (χ0v) is 18.3. The van der Waals surface area contributed by atoms with Gasteiger partial charge in [0, 0.05) is 19.0 Å². The van der Waals surface area contributed by atoms with Gasteiger partial charge in [-0.15, -0.1) is 0 Å². The maximum atomic E-state index is 12.8. The third kappa shape index (κ3) is 4.44. The number of benzene rings is 2. The molecule has 0 bridgehead atoms. The monoisotopic (exact) mass is 426 g/mol. The lowest BCUT2D eigenvalue weighted by atomic mass is 9.89. The maximum Gasteiger partial charge on any atom is 0.243 e. The molecule has 0 unspecified atom stereocenters. The van der Waals surface area contributed by atoms with Crippen LogP contribution in [0.3, 0.4) is 0 Å². The van der Waals surface area contributed by atoms with Gasteiger partial charge in [0.05, 0.1) is 10.9 Å². The fourth-order valence-corrected chi connectivity index (χ4v) is 6.03. The van der Waals surface area contributed by atoms with Gasteiger partial charge in [-0.1, -0.05) is 36.4 Å². The molecule has 1 saturated heterocycles. The number of hydrogen-bond acceptors (Lipinski definition) is 3. The number of sulfonamides is 1. The first-order valence-electron chi connectivity index (χ1n) is 10.9. The van der Waals surface area contributed by atoms with Gasteiger partial charge in [-0.25, -0.2) is 8.42 Å². The van der Waals surface area contributed by atoms with Crippen molar-refractivity contribution in [1.82, 2.24) is 9.62 Å². The van der Waals surface area contributed by atoms with Gasteiger partial charge in [-0.2, -0.15) is 4.31 Å². The number of rotatable bonds is 5. The standard InChI is InChI=1S/C24H30N2O3S/c1-18(21-12-11-19-7-5-6-8-22(19)17-21)25-24(27)20-13-15-26(16-14-20)30(28,29)23-9-3-2-4-10-23/h2-4,9-12,17-18,20H,5-8,13-16H2,1H3,(H,25,27)/t18-/m0/s1. The summed E-state index contributed by atoms with van der Waals surface area (Å²) in [6.45, 7) is 2.78. The average Bonchev–Trinajstić information content (AvgIpc) is 2.79. The largest absolute Gasteiger partial charge is 0.349 e. The molecule has 1 aliphatic carbocycles. The van der Waals surface area contributed by atoms with Crippen LogP contribution in [-0.2, 0) is 27.7 Å². The molecule has 1 heterocycles. The van der Waals surface area contributed by atoms with Gasteiger partial charge in [-0.05, 0) is 74.3 Å². The molecule has 4 rings (SSSR count). The minimum absolute atomic E-state index is 0.0250. The molecular formula is C24H30N2O3S. The number of piperidine rings is 1. The zero-order valence-electron chi connectivity index (χ0n) is 17.5. The van der Waals surface area contributed by atoms with E-state index in [9.17, 15) is 13.2 Å². The van der Waals surface area contributed by atoms with Crippen molar-refractivity contribution in [2.75, 3.05) is 13.1 Å². The van der Waals surface area contributed by atoms with E-state index in [1.165, 1.54) is 28.3 Å². The lowest BCUT2D eigenvalue weighted by molar-refractivity contribution is -0.126. The molecule has 0 spiro atoms. The molecule has 2 aliphatic rings. The quantitative estimate of drug-likeness (QED) is 0.790. The summed E-state index contributed by atoms with van der Waals surface area (Å²) >= 11 is 0. The number of carbonyl (C=O) groups excluding carboxylic acids is 1. The Morgan fingerprint density at radius 3 is 2.37 bits per heavy atom. The fraction of sp³-hybridized carbons (Fsp3) is 0.458. The number of aryl methyl sites for hydroxylation is 2. The van der Waals surface area contributed by atoms with E-state index in [-0.39, 0.29) is 17.9 Å². The van der Waals surface area contributed by atoms with Crippen LogP contribution in [0.25, 0.3) is 0 Å². The summed E-state index contributed by atoms with van der Waals surface area (Å²) in [6, 6.07) is 15.0. The Balaban J connectivity index is 1.34. The van der Waals surface area contributed by atoms with Crippen LogP contribution in [0.15, 0.2) is 53.4 Å². The van der Waals surface area contributed by atoms with Gasteiger partial charge in [0.25, 0.3) is 0 Å². The number of nitrogens with zero attached hydrogens (tertiary/aromatic N) is 1. The van der Waals surface area contributed by atoms with E-state index in [1.807, 2.05) is 6.92 Å². The fourth-order valence-electron chi connectivity index (χ4n) is 4.54. The maximum absolute atomic E-state index is 12.8. The molecule has 2 aromatic rings. The number of hydrogen-bond donors (Lipinski definition) is 1. The van der Waals surface area contributed by atoms with Gasteiger partial charge in [0.1, 0.15) is 0 Å². The minimum Gasteiger partial charge on any atom is -0.349 e. The second-order valence-electron chi connectivity index (χ2n) is 8.46. The molecule has 6 heteroatoms. The van der Waals surface area contributed by atoms with Gasteiger partial charge in [0.15, 0.2) is 0 Å². The van der Waals surface area contributed by atoms with Crippen molar-refractivity contribution < 1.29 is 13.2 Å². The number of carbonyl (C=O) groups is 1. The van der Waals surface area contributed by atoms with Crippen LogP contribution in [0.1, 0.15) is 55.3 Å². The van der Waals surface area contributed by atoms with Crippen LogP contribution >= 0.6 is 0 Å². The third-order valence-electron chi connectivity index (χ3n) is 6.44. The Morgan fingerprint density at radius 2 is 1.67 bits per heavy atom. The summed E-state index contributed by atoms with van der Waals surface area (Å²) < 4.78 is 27.0. The van der Waals surface area contributed by atoms with Crippen molar-refractivity contribution in [3.05, 3.63) is 65.2 Å². The predicted octanol–water partition coefficient (Wildman–Crippen LogP) is 3.84. The summed E-state index contributed by atoms with van der Waals surface area (Å²) in [5.74, 6) is -0.121. The Bertz CT molecular complexity index is 996. The lowest BCUT2D eigenvalue weighted by Crippen LogP contribution is -2.43. The van der Waals surface area contributed by atoms with Crippen molar-refractivity contribution in [1.29, 1.82) is 0 Å². The van der Waals surface area contributed by atoms with Crippen LogP contribution in [0, 0.1) is 5.92 Å². The lowest BCUT2D eigenvalue weighted by Gasteiger charge is -2.31. The Hall–Kier alpha value is -2.18. The summed E-state index contributed by atoms with van der Waals surface area (Å²) in [6.07, 6.45) is 5.88. The molecule has 0 aromatic heterocycles. The summed E-state index contributed by atoms with van der Waals surface area (Å²) in [7, 11) is -3.48. The smallest absolute Gasteiger partial charge is 0.243 e. The van der Waals surface area contributed by atoms with Crippen molar-refractivity contribution >= 4 is 15.9 Å². The molecule has 1 aliphatic heterocycles. The highest BCUT2D eigenvalue weighted by molar-refractivity contribution is 7.89. The number of amides is 1. The first-order chi connectivity index (χ1) is 14.4. The molecule has 0 radical (unpaired) electrons. The molecular weight excluding hydrogens is 396 g/mol. The van der Waals surface area contributed by atoms with Crippen LogP contribution in [0.2, 0.25) is 0 Å². The van der Waals surface area contributed by atoms with Crippen molar-refractivity contribution in [2.45, 2.75) is 56.4 Å². The molecule has 1 atom stereocenters. The van der Waals surface area contributed by atoms with Gasteiger partial charge < -0.3 is 5.32 Å². The minimum atomic E-state index is -3.48. The van der Waals surface area contributed by atoms with Gasteiger partial charge in [0.2, 0.25) is 15.9 Å². The third-order valence-corrected chi connectivity index (χ3v) is 8.35. The predicted molar refractivity (Wildman–Crippen MR) is 118 cm³/mol. The summed E-state index contributed by atoms with van der Waals surface area (Å²) in [5.41, 5.74) is 4.00. The second-order valence-corrected chi connectivity index (χ2v) is 10.4. The highest BCUT2D eigenvalue weighted by atomic mass is 32.2. The van der Waals surface area contributed by atoms with Gasteiger partial charge in [-0.3, -0.25) is 4.79 Å². The van der Waals surface area contributed by atoms with E-state index in [2.05, 4.69) is 23.5 Å². The first kappa shape index (κ1) is 21.1. The first-order valence-corrected chi connectivity index (χ1v) is 12.4. The molecule has 1 N–H and O–H groups in total. The molecule has 5 nitrogen and oxygen atoms in total. The molecule has 2 aromatic carbocycles. The highest BCUT2D eigenvalue weighted by Crippen LogP contribution is 2.27. The van der Waals surface area contributed by atoms with Crippen LogP contribution in [0.4, 0.5) is 0 Å². The van der Waals surface area contributed by atoms with E-state index in [0.717, 1.165) is 18.4 Å². The van der Waals surface area contributed by atoms with E-state index >= 15 is 0 Å². The Kier molecular flexibility index (Phi) is 6.25. The number of fused-ring (bicyclic) bond motifs is 1. The molecule has 1 amide bonds. The van der Waals surface area contributed by atoms with E-state index in [4.69, 9.17) is 0 Å². The van der Waals surface area contributed by atoms with Crippen LogP contribution in [-0.4, -0.2) is 31.7 Å². The van der Waals surface area contributed by atoms with Gasteiger partial charge >= 0.3 is 0 Å². The van der Waals surface area contributed by atoms with E-state index in [0.29, 0.717) is 30.8 Å². The second kappa shape index (κ2) is 8.90.